The van der Waals surface area contributed by atoms with Gasteiger partial charge in [0.2, 0.25) is 0 Å². The Morgan fingerprint density at radius 2 is 1.44 bits per heavy atom. The third kappa shape index (κ3) is 5.33. The molecule has 0 N–H and O–H groups in total. The first-order valence-electron chi connectivity index (χ1n) is 15.9. The first kappa shape index (κ1) is 8.15. The molecule has 0 aromatic heterocycles. The number of rotatable bonds is 6. The molecule has 0 aliphatic heterocycles. The van der Waals surface area contributed by atoms with Crippen LogP contribution >= 0.6 is 0 Å². The zero-order valence-corrected chi connectivity index (χ0v) is 16.2. The van der Waals surface area contributed by atoms with Crippen LogP contribution in [-0.4, -0.2) is 29.9 Å². The van der Waals surface area contributed by atoms with Crippen molar-refractivity contribution in [3.05, 3.63) is 34.4 Å². The molecule has 1 aromatic rings. The number of hydrogen-bond acceptors (Lipinski definition) is 1. The molecule has 1 rings (SSSR count). The second kappa shape index (κ2) is 8.87. The van der Waals surface area contributed by atoms with E-state index < -0.39 is 67.8 Å². The Labute approximate surface area is 177 Å². The van der Waals surface area contributed by atoms with Gasteiger partial charge in [-0.3, -0.25) is 4.99 Å². The lowest BCUT2D eigenvalue weighted by Crippen LogP contribution is -2.36. The average molecular weight is 360 g/mol. The van der Waals surface area contributed by atoms with E-state index in [-0.39, 0.29) is 17.4 Å². The van der Waals surface area contributed by atoms with E-state index in [1.807, 2.05) is 0 Å². The molecule has 2 nitrogen and oxygen atoms in total. The Morgan fingerprint density at radius 1 is 0.920 bits per heavy atom. The molecule has 0 saturated heterocycles. The highest BCUT2D eigenvalue weighted by atomic mass is 15.2. The summed E-state index contributed by atoms with van der Waals surface area (Å²) < 4.78 is 124. The highest BCUT2D eigenvalue weighted by Crippen LogP contribution is 2.33. The summed E-state index contributed by atoms with van der Waals surface area (Å²) >= 11 is 0. The molecule has 2 unspecified atom stereocenters. The minimum Gasteiger partial charge on any atom is -0.357 e. The van der Waals surface area contributed by atoms with Crippen LogP contribution < -0.4 is 0 Å². The predicted molar refractivity (Wildman–Crippen MR) is 113 cm³/mol. The van der Waals surface area contributed by atoms with Gasteiger partial charge in [-0.2, -0.15) is 0 Å². The van der Waals surface area contributed by atoms with Gasteiger partial charge in [0.05, 0.1) is 0 Å². The quantitative estimate of drug-likeness (QED) is 0.415. The van der Waals surface area contributed by atoms with Crippen molar-refractivity contribution in [3.63, 3.8) is 0 Å². The van der Waals surface area contributed by atoms with Crippen molar-refractivity contribution < 1.29 is 20.6 Å². The summed E-state index contributed by atoms with van der Waals surface area (Å²) in [6.45, 7) is -4.31. The monoisotopic (exact) mass is 359 g/mol. The van der Waals surface area contributed by atoms with Crippen LogP contribution in [0.5, 0.6) is 0 Å². The van der Waals surface area contributed by atoms with Crippen LogP contribution in [0.1, 0.15) is 129 Å². The Balaban J connectivity index is 4.89. The minimum absolute atomic E-state index is 0.0602. The predicted octanol–water partition coefficient (Wildman–Crippen LogP) is 6.55. The van der Waals surface area contributed by atoms with Crippen molar-refractivity contribution >= 4 is 5.84 Å². The van der Waals surface area contributed by atoms with Gasteiger partial charge in [-0.25, -0.2) is 0 Å². The molecule has 2 heteroatoms. The van der Waals surface area contributed by atoms with Crippen LogP contribution in [0.4, 0.5) is 0 Å². The number of benzene rings is 1. The summed E-state index contributed by atoms with van der Waals surface area (Å²) in [5.74, 6) is -8.55. The number of hydrogen-bond donors (Lipinski definition) is 0. The smallest absolute Gasteiger partial charge is 0.131 e. The molecule has 0 heterocycles. The van der Waals surface area contributed by atoms with Crippen molar-refractivity contribution in [2.45, 2.75) is 98.7 Å². The first-order valence-corrected chi connectivity index (χ1v) is 8.37. The Kier molecular flexibility index (Phi) is 2.89. The number of aliphatic imine (C=N–C) groups is 1. The molecule has 0 fully saturated rings. The fraction of sp³-hybridized carbons (Fsp3) is 0.696. The van der Waals surface area contributed by atoms with E-state index in [9.17, 15) is 0 Å². The third-order valence-corrected chi connectivity index (χ3v) is 3.96. The molecule has 0 saturated carbocycles. The van der Waals surface area contributed by atoms with Crippen molar-refractivity contribution in [2.75, 3.05) is 7.05 Å². The Bertz CT molecular complexity index is 1070. The summed E-state index contributed by atoms with van der Waals surface area (Å²) in [6, 6.07) is 1.09. The molecule has 0 bridgehead atoms. The highest BCUT2D eigenvalue weighted by Gasteiger charge is 2.24. The summed E-state index contributed by atoms with van der Waals surface area (Å²) in [5.41, 5.74) is -2.03. The van der Waals surface area contributed by atoms with E-state index in [1.54, 1.807) is 39.6 Å². The Hall–Kier alpha value is -1.31. The van der Waals surface area contributed by atoms with Crippen LogP contribution in [-0.2, 0) is 0 Å². The molecule has 25 heavy (non-hydrogen) atoms. The number of amidine groups is 1. The maximum absolute atomic E-state index is 9.04. The van der Waals surface area contributed by atoms with Crippen molar-refractivity contribution in [1.29, 1.82) is 0 Å². The van der Waals surface area contributed by atoms with Gasteiger partial charge in [-0.05, 0) is 62.1 Å². The molecule has 0 spiro atoms. The fourth-order valence-corrected chi connectivity index (χ4v) is 2.41. The fourth-order valence-electron chi connectivity index (χ4n) is 2.41. The highest BCUT2D eigenvalue weighted by molar-refractivity contribution is 6.02. The van der Waals surface area contributed by atoms with E-state index in [4.69, 9.17) is 20.6 Å². The standard InChI is InChI=1S/C23H40N2/c1-14(2)19-12-20(15(3)4)22(21(13-19)16(5)6)23(24-17(7)8)25(11)18(9)10/h12-18H,1-11H3/i1D3,3D3,4D3,5D3,14D,15D,16D. The molecular formula is C23H40N2. The van der Waals surface area contributed by atoms with Crippen molar-refractivity contribution in [1.82, 2.24) is 4.90 Å². The Morgan fingerprint density at radius 3 is 1.88 bits per heavy atom. The second-order valence-corrected chi connectivity index (χ2v) is 6.82. The zero-order chi connectivity index (χ0) is 32.2. The normalized spacial score (nSPS) is 29.0. The van der Waals surface area contributed by atoms with Gasteiger partial charge in [0.1, 0.15) is 5.84 Å². The largest absolute Gasteiger partial charge is 0.357 e. The number of nitrogens with zero attached hydrogens (tertiary/aromatic N) is 2. The van der Waals surface area contributed by atoms with Crippen LogP contribution in [0.15, 0.2) is 17.1 Å². The molecular weight excluding hydrogens is 304 g/mol. The second-order valence-electron chi connectivity index (χ2n) is 6.82. The van der Waals surface area contributed by atoms with E-state index in [0.717, 1.165) is 26.0 Å². The molecule has 0 aliphatic rings. The summed E-state index contributed by atoms with van der Waals surface area (Å²) in [4.78, 5) is 6.11. The lowest BCUT2D eigenvalue weighted by Gasteiger charge is -2.31. The van der Waals surface area contributed by atoms with Gasteiger partial charge >= 0.3 is 0 Å². The average Bonchev–Trinajstić information content (AvgIpc) is 2.72. The maximum atomic E-state index is 9.04. The van der Waals surface area contributed by atoms with Crippen molar-refractivity contribution in [2.24, 2.45) is 4.99 Å². The van der Waals surface area contributed by atoms with Crippen LogP contribution in [0.25, 0.3) is 0 Å². The summed E-state index contributed by atoms with van der Waals surface area (Å²) in [6.07, 6.45) is 0. The van der Waals surface area contributed by atoms with Crippen LogP contribution in [0.3, 0.4) is 0 Å². The lowest BCUT2D eigenvalue weighted by molar-refractivity contribution is 0.414. The molecule has 0 aliphatic carbocycles. The first-order chi connectivity index (χ1) is 17.4. The van der Waals surface area contributed by atoms with Gasteiger partial charge in [0.15, 0.2) is 0 Å². The van der Waals surface area contributed by atoms with Gasteiger partial charge in [-0.15, -0.1) is 0 Å². The van der Waals surface area contributed by atoms with Crippen LogP contribution in [0, 0.1) is 0 Å². The zero-order valence-electron chi connectivity index (χ0n) is 31.2. The van der Waals surface area contributed by atoms with Gasteiger partial charge < -0.3 is 4.90 Å². The van der Waals surface area contributed by atoms with Gasteiger partial charge in [0, 0.05) is 45.3 Å². The maximum Gasteiger partial charge on any atom is 0.131 e. The molecule has 0 radical (unpaired) electrons. The van der Waals surface area contributed by atoms with Gasteiger partial charge in [0.25, 0.3) is 0 Å². The molecule has 142 valence electrons. The lowest BCUT2D eigenvalue weighted by atomic mass is 9.83. The SMILES string of the molecule is [2H]C([2H])([2H])C([2H])(C)c1cc(C([2H])(C)C([2H])([2H])[2H])c(C(=NC(C)C)N(C)C(C)C)c(C([2H])(C([2H])([2H])[2H])C([2H])([2H])[2H])c1. The van der Waals surface area contributed by atoms with Crippen LogP contribution in [0.2, 0.25) is 0 Å². The van der Waals surface area contributed by atoms with E-state index in [1.165, 1.54) is 0 Å². The van der Waals surface area contributed by atoms with Crippen molar-refractivity contribution in [3.8, 4) is 0 Å². The molecule has 0 amide bonds. The summed E-state index contributed by atoms with van der Waals surface area (Å²) in [5, 5.41) is 0. The van der Waals surface area contributed by atoms with E-state index in [0.29, 0.717) is 0 Å². The topological polar surface area (TPSA) is 15.6 Å². The van der Waals surface area contributed by atoms with Gasteiger partial charge in [-0.1, -0.05) is 53.4 Å². The van der Waals surface area contributed by atoms with E-state index in [2.05, 4.69) is 4.99 Å². The summed E-state index contributed by atoms with van der Waals surface area (Å²) in [7, 11) is 1.57. The van der Waals surface area contributed by atoms with E-state index >= 15 is 0 Å². The third-order valence-electron chi connectivity index (χ3n) is 3.96. The minimum atomic E-state index is -3.54. The molecule has 1 aromatic carbocycles. The molecule has 2 atom stereocenters.